The number of H-pyrrole nitrogens is 1. The van der Waals surface area contributed by atoms with Gasteiger partial charge in [0.25, 0.3) is 0 Å². The molecule has 0 saturated carbocycles. The maximum absolute atomic E-state index is 13.6. The fraction of sp³-hybridized carbons (Fsp3) is 0.174. The minimum atomic E-state index is -1.57. The van der Waals surface area contributed by atoms with Gasteiger partial charge in [-0.3, -0.25) is 4.68 Å². The van der Waals surface area contributed by atoms with Gasteiger partial charge in [-0.15, -0.1) is 0 Å². The molecule has 2 aromatic carbocycles. The summed E-state index contributed by atoms with van der Waals surface area (Å²) in [4.78, 5) is 19.7. The van der Waals surface area contributed by atoms with E-state index in [0.717, 1.165) is 23.4 Å². The zero-order valence-corrected chi connectivity index (χ0v) is 18.4. The van der Waals surface area contributed by atoms with Crippen LogP contribution in [0.5, 0.6) is 5.75 Å². The molecule has 2 N–H and O–H groups in total. The average Bonchev–Trinajstić information content (AvgIpc) is 3.42. The van der Waals surface area contributed by atoms with Gasteiger partial charge in [0.05, 0.1) is 26.3 Å². The van der Waals surface area contributed by atoms with Gasteiger partial charge in [0.15, 0.2) is 23.3 Å². The summed E-state index contributed by atoms with van der Waals surface area (Å²) in [6, 6.07) is 8.43. The molecule has 0 amide bonds. The minimum absolute atomic E-state index is 0.0322. The van der Waals surface area contributed by atoms with Crippen molar-refractivity contribution in [1.82, 2.24) is 19.7 Å². The zero-order chi connectivity index (χ0) is 24.4. The number of aromatic nitrogens is 4. The number of imidazole rings is 1. The quantitative estimate of drug-likeness (QED) is 0.303. The third-order valence-corrected chi connectivity index (χ3v) is 4.98. The molecule has 4 aromatic rings. The van der Waals surface area contributed by atoms with E-state index in [1.165, 1.54) is 25.0 Å². The fourth-order valence-corrected chi connectivity index (χ4v) is 3.40. The lowest BCUT2D eigenvalue weighted by molar-refractivity contribution is 0.0587. The topological polar surface area (TPSA) is 94.1 Å². The Balaban J connectivity index is 1.64. The first-order chi connectivity index (χ1) is 16.3. The van der Waals surface area contributed by atoms with Gasteiger partial charge in [-0.25, -0.2) is 22.9 Å². The SMILES string of the molecule is COC(=O)c1cc(Nc2ccc(-c3ncc(C)[nH]3)c(OC)c2)nn1Cc1cc(F)c(F)c(F)c1. The second-order valence-corrected chi connectivity index (χ2v) is 7.39. The summed E-state index contributed by atoms with van der Waals surface area (Å²) >= 11 is 0. The first-order valence-electron chi connectivity index (χ1n) is 10.1. The molecule has 8 nitrogen and oxygen atoms in total. The number of carbonyl (C=O) groups is 1. The van der Waals surface area contributed by atoms with E-state index in [1.807, 2.05) is 13.0 Å². The number of benzene rings is 2. The highest BCUT2D eigenvalue weighted by Crippen LogP contribution is 2.32. The average molecular weight is 471 g/mol. The van der Waals surface area contributed by atoms with Crippen LogP contribution in [0.1, 0.15) is 21.7 Å². The molecule has 34 heavy (non-hydrogen) atoms. The Morgan fingerprint density at radius 2 is 1.85 bits per heavy atom. The van der Waals surface area contributed by atoms with Crippen LogP contribution in [0.3, 0.4) is 0 Å². The molecule has 4 rings (SSSR count). The van der Waals surface area contributed by atoms with Crippen molar-refractivity contribution in [3.63, 3.8) is 0 Å². The molecule has 0 fully saturated rings. The van der Waals surface area contributed by atoms with Crippen LogP contribution >= 0.6 is 0 Å². The van der Waals surface area contributed by atoms with E-state index in [0.29, 0.717) is 17.3 Å². The number of nitrogens with one attached hydrogen (secondary N) is 2. The van der Waals surface area contributed by atoms with E-state index >= 15 is 0 Å². The summed E-state index contributed by atoms with van der Waals surface area (Å²) in [6.07, 6.45) is 1.71. The number of nitrogens with zero attached hydrogens (tertiary/aromatic N) is 3. The Labute approximate surface area is 192 Å². The standard InChI is InChI=1S/C23H20F3N5O3/c1-12-10-27-22(28-12)15-5-4-14(8-19(15)33-2)29-20-9-18(23(32)34-3)31(30-20)11-13-6-16(24)21(26)17(25)7-13/h4-10H,11H2,1-3H3,(H,27,28)(H,29,30). The smallest absolute Gasteiger partial charge is 0.356 e. The number of hydrogen-bond acceptors (Lipinski definition) is 6. The molecule has 2 aromatic heterocycles. The maximum Gasteiger partial charge on any atom is 0.356 e. The third kappa shape index (κ3) is 4.58. The van der Waals surface area contributed by atoms with Gasteiger partial charge < -0.3 is 19.8 Å². The maximum atomic E-state index is 13.6. The summed E-state index contributed by atoms with van der Waals surface area (Å²) in [5, 5.41) is 7.36. The molecular formula is C23H20F3N5O3. The van der Waals surface area contributed by atoms with Gasteiger partial charge in [0, 0.05) is 29.7 Å². The lowest BCUT2D eigenvalue weighted by Gasteiger charge is -2.10. The highest BCUT2D eigenvalue weighted by molar-refractivity contribution is 5.88. The summed E-state index contributed by atoms with van der Waals surface area (Å²) < 4.78 is 52.0. The van der Waals surface area contributed by atoms with Crippen molar-refractivity contribution in [1.29, 1.82) is 0 Å². The Hall–Kier alpha value is -4.28. The van der Waals surface area contributed by atoms with Gasteiger partial charge in [0.2, 0.25) is 0 Å². The highest BCUT2D eigenvalue weighted by atomic mass is 19.2. The van der Waals surface area contributed by atoms with Crippen LogP contribution in [0.15, 0.2) is 42.6 Å². The van der Waals surface area contributed by atoms with Gasteiger partial charge in [-0.05, 0) is 36.8 Å². The molecule has 11 heteroatoms. The van der Waals surface area contributed by atoms with Crippen LogP contribution in [0.25, 0.3) is 11.4 Å². The number of halogens is 3. The van der Waals surface area contributed by atoms with Crippen molar-refractivity contribution < 1.29 is 27.4 Å². The largest absolute Gasteiger partial charge is 0.496 e. The molecule has 2 heterocycles. The molecular weight excluding hydrogens is 451 g/mol. The van der Waals surface area contributed by atoms with Crippen LogP contribution in [0.2, 0.25) is 0 Å². The molecule has 176 valence electrons. The first kappa shape index (κ1) is 22.9. The van der Waals surface area contributed by atoms with Crippen molar-refractivity contribution in [2.75, 3.05) is 19.5 Å². The number of esters is 1. The van der Waals surface area contributed by atoms with Crippen LogP contribution in [-0.2, 0) is 11.3 Å². The number of ether oxygens (including phenoxy) is 2. The van der Waals surface area contributed by atoms with Crippen molar-refractivity contribution in [3.05, 3.63) is 77.0 Å². The molecule has 0 unspecified atom stereocenters. The molecule has 0 bridgehead atoms. The normalized spacial score (nSPS) is 10.9. The number of hydrogen-bond donors (Lipinski definition) is 2. The summed E-state index contributed by atoms with van der Waals surface area (Å²) in [5.41, 5.74) is 2.37. The van der Waals surface area contributed by atoms with E-state index in [2.05, 4.69) is 20.4 Å². The zero-order valence-electron chi connectivity index (χ0n) is 18.4. The summed E-state index contributed by atoms with van der Waals surface area (Å²) in [5.74, 6) is -3.47. The Bertz CT molecular complexity index is 1340. The predicted molar refractivity (Wildman–Crippen MR) is 118 cm³/mol. The molecule has 0 aliphatic rings. The molecule has 0 spiro atoms. The number of methoxy groups -OCH3 is 2. The summed E-state index contributed by atoms with van der Waals surface area (Å²) in [7, 11) is 2.73. The van der Waals surface area contributed by atoms with Crippen molar-refractivity contribution >= 4 is 17.5 Å². The summed E-state index contributed by atoms with van der Waals surface area (Å²) in [6.45, 7) is 1.70. The number of anilines is 2. The van der Waals surface area contributed by atoms with E-state index in [9.17, 15) is 18.0 Å². The Kier molecular flexibility index (Phi) is 6.26. The fourth-order valence-electron chi connectivity index (χ4n) is 3.40. The number of aromatic amines is 1. The van der Waals surface area contributed by atoms with E-state index < -0.39 is 23.4 Å². The minimum Gasteiger partial charge on any atom is -0.496 e. The monoisotopic (exact) mass is 471 g/mol. The number of carbonyl (C=O) groups excluding carboxylic acids is 1. The Morgan fingerprint density at radius 3 is 2.47 bits per heavy atom. The molecule has 0 aliphatic heterocycles. The van der Waals surface area contributed by atoms with E-state index in [4.69, 9.17) is 9.47 Å². The highest BCUT2D eigenvalue weighted by Gasteiger charge is 2.19. The molecule has 0 aliphatic carbocycles. The lowest BCUT2D eigenvalue weighted by atomic mass is 10.1. The molecule has 0 radical (unpaired) electrons. The number of rotatable bonds is 7. The van der Waals surface area contributed by atoms with Crippen LogP contribution in [-0.4, -0.2) is 39.9 Å². The van der Waals surface area contributed by atoms with Gasteiger partial charge in [-0.1, -0.05) is 0 Å². The van der Waals surface area contributed by atoms with Gasteiger partial charge >= 0.3 is 5.97 Å². The van der Waals surface area contributed by atoms with E-state index in [-0.39, 0.29) is 23.6 Å². The van der Waals surface area contributed by atoms with E-state index in [1.54, 1.807) is 18.3 Å². The van der Waals surface area contributed by atoms with Crippen molar-refractivity contribution in [2.24, 2.45) is 0 Å². The third-order valence-electron chi connectivity index (χ3n) is 4.98. The molecule has 0 atom stereocenters. The van der Waals surface area contributed by atoms with Crippen LogP contribution in [0.4, 0.5) is 24.7 Å². The second-order valence-electron chi connectivity index (χ2n) is 7.39. The second kappa shape index (κ2) is 9.30. The van der Waals surface area contributed by atoms with Crippen molar-refractivity contribution in [2.45, 2.75) is 13.5 Å². The Morgan fingerprint density at radius 1 is 1.12 bits per heavy atom. The lowest BCUT2D eigenvalue weighted by Crippen LogP contribution is -2.13. The predicted octanol–water partition coefficient (Wildman–Crippen LogP) is 4.59. The van der Waals surface area contributed by atoms with Crippen molar-refractivity contribution in [3.8, 4) is 17.1 Å². The molecule has 0 saturated heterocycles. The number of aryl methyl sites for hydroxylation is 1. The first-order valence-corrected chi connectivity index (χ1v) is 10.1. The van der Waals surface area contributed by atoms with Crippen LogP contribution in [0, 0.1) is 24.4 Å². The van der Waals surface area contributed by atoms with Crippen LogP contribution < -0.4 is 10.1 Å². The van der Waals surface area contributed by atoms with Gasteiger partial charge in [-0.2, -0.15) is 5.10 Å². The van der Waals surface area contributed by atoms with Gasteiger partial charge in [0.1, 0.15) is 17.3 Å².